The van der Waals surface area contributed by atoms with Crippen LogP contribution >= 0.6 is 0 Å². The highest BCUT2D eigenvalue weighted by molar-refractivity contribution is 7.92. The molecule has 2 amide bonds. The van der Waals surface area contributed by atoms with Crippen LogP contribution < -0.4 is 14.9 Å². The van der Waals surface area contributed by atoms with Crippen molar-refractivity contribution in [3.63, 3.8) is 0 Å². The molecule has 24 heavy (non-hydrogen) atoms. The number of hydrogen-bond donors (Lipinski definition) is 3. The fourth-order valence-electron chi connectivity index (χ4n) is 2.71. The number of rotatable bonds is 5. The number of anilines is 2. The van der Waals surface area contributed by atoms with Crippen molar-refractivity contribution < 1.29 is 23.1 Å². The number of carbonyl (C=O) groups excluding carboxylic acids is 1. The van der Waals surface area contributed by atoms with Crippen molar-refractivity contribution >= 4 is 33.4 Å². The first-order valence-corrected chi connectivity index (χ1v) is 9.36. The van der Waals surface area contributed by atoms with Crippen LogP contribution in [-0.4, -0.2) is 44.9 Å². The van der Waals surface area contributed by atoms with Crippen molar-refractivity contribution in [1.82, 2.24) is 5.32 Å². The number of nitrogens with zero attached hydrogens (tertiary/aromatic N) is 1. The molecule has 1 saturated carbocycles. The van der Waals surface area contributed by atoms with E-state index < -0.39 is 27.9 Å². The highest BCUT2D eigenvalue weighted by Gasteiger charge is 2.30. The number of hydrogen-bond acceptors (Lipinski definition) is 4. The maximum atomic E-state index is 12.1. The van der Waals surface area contributed by atoms with Gasteiger partial charge in [0.1, 0.15) is 0 Å². The Morgan fingerprint density at radius 2 is 1.92 bits per heavy atom. The molecule has 0 aliphatic heterocycles. The van der Waals surface area contributed by atoms with Gasteiger partial charge >= 0.3 is 12.0 Å². The fraction of sp³-hybridized carbons (Fsp3) is 0.467. The average Bonchev–Trinajstić information content (AvgIpc) is 2.94. The van der Waals surface area contributed by atoms with E-state index in [1.807, 2.05) is 0 Å². The van der Waals surface area contributed by atoms with Crippen LogP contribution in [-0.2, 0) is 14.8 Å². The summed E-state index contributed by atoms with van der Waals surface area (Å²) >= 11 is 0. The van der Waals surface area contributed by atoms with E-state index in [-0.39, 0.29) is 6.04 Å². The van der Waals surface area contributed by atoms with Gasteiger partial charge in [0, 0.05) is 13.1 Å². The minimum atomic E-state index is -3.46. The lowest BCUT2D eigenvalue weighted by molar-refractivity contribution is -0.141. The maximum absolute atomic E-state index is 12.1. The van der Waals surface area contributed by atoms with E-state index in [9.17, 15) is 18.0 Å². The van der Waals surface area contributed by atoms with Gasteiger partial charge in [-0.3, -0.25) is 9.10 Å². The molecule has 8 nitrogen and oxygen atoms in total. The van der Waals surface area contributed by atoms with Crippen LogP contribution in [0.25, 0.3) is 0 Å². The summed E-state index contributed by atoms with van der Waals surface area (Å²) in [5, 5.41) is 14.3. The summed E-state index contributed by atoms with van der Waals surface area (Å²) in [7, 11) is -2.05. The monoisotopic (exact) mass is 355 g/mol. The topological polar surface area (TPSA) is 116 Å². The van der Waals surface area contributed by atoms with Crippen molar-refractivity contribution in [2.75, 3.05) is 22.9 Å². The third-order valence-corrected chi connectivity index (χ3v) is 5.30. The lowest BCUT2D eigenvalue weighted by atomic mass is 10.1. The first-order chi connectivity index (χ1) is 11.2. The second-order valence-corrected chi connectivity index (χ2v) is 7.90. The molecule has 1 aliphatic carbocycles. The van der Waals surface area contributed by atoms with Crippen LogP contribution in [0.15, 0.2) is 24.3 Å². The molecule has 0 unspecified atom stereocenters. The molecular weight excluding hydrogens is 334 g/mol. The SMILES string of the molecule is CN(c1ccccc1NC(=O)N[C@@H]1CC[C@H](C(=O)O)C1)S(C)(=O)=O. The number of sulfonamides is 1. The number of amides is 2. The highest BCUT2D eigenvalue weighted by Crippen LogP contribution is 2.28. The standard InChI is InChI=1S/C15H21N3O5S/c1-18(24(2,22)23)13-6-4-3-5-12(13)17-15(21)16-11-8-7-10(9-11)14(19)20/h3-6,10-11H,7-9H2,1-2H3,(H,19,20)(H2,16,17,21)/t10-,11+/m0/s1. The van der Waals surface area contributed by atoms with Gasteiger partial charge in [-0.15, -0.1) is 0 Å². The van der Waals surface area contributed by atoms with Gasteiger partial charge in [0.25, 0.3) is 0 Å². The van der Waals surface area contributed by atoms with Crippen LogP contribution in [0, 0.1) is 5.92 Å². The molecule has 2 rings (SSSR count). The zero-order chi connectivity index (χ0) is 17.9. The van der Waals surface area contributed by atoms with E-state index in [2.05, 4.69) is 10.6 Å². The summed E-state index contributed by atoms with van der Waals surface area (Å²) in [4.78, 5) is 23.1. The van der Waals surface area contributed by atoms with Gasteiger partial charge in [-0.25, -0.2) is 13.2 Å². The molecule has 3 N–H and O–H groups in total. The van der Waals surface area contributed by atoms with Crippen molar-refractivity contribution in [3.05, 3.63) is 24.3 Å². The predicted octanol–water partition coefficient (Wildman–Crippen LogP) is 1.46. The van der Waals surface area contributed by atoms with Crippen molar-refractivity contribution in [2.24, 2.45) is 5.92 Å². The smallest absolute Gasteiger partial charge is 0.319 e. The third-order valence-electron chi connectivity index (χ3n) is 4.11. The van der Waals surface area contributed by atoms with Gasteiger partial charge in [-0.2, -0.15) is 0 Å². The first-order valence-electron chi connectivity index (χ1n) is 7.51. The summed E-state index contributed by atoms with van der Waals surface area (Å²) in [6.07, 6.45) is 2.62. The van der Waals surface area contributed by atoms with Crippen molar-refractivity contribution in [1.29, 1.82) is 0 Å². The molecule has 0 saturated heterocycles. The lowest BCUT2D eigenvalue weighted by Crippen LogP contribution is -2.37. The molecule has 0 heterocycles. The molecule has 1 fully saturated rings. The summed E-state index contributed by atoms with van der Waals surface area (Å²) in [5.74, 6) is -1.28. The number of nitrogens with one attached hydrogen (secondary N) is 2. The fourth-order valence-corrected chi connectivity index (χ4v) is 3.23. The minimum absolute atomic E-state index is 0.203. The zero-order valence-electron chi connectivity index (χ0n) is 13.5. The molecule has 0 spiro atoms. The second kappa shape index (κ2) is 7.08. The van der Waals surface area contributed by atoms with E-state index in [0.29, 0.717) is 30.6 Å². The van der Waals surface area contributed by atoms with E-state index >= 15 is 0 Å². The van der Waals surface area contributed by atoms with Gasteiger partial charge < -0.3 is 15.7 Å². The maximum Gasteiger partial charge on any atom is 0.319 e. The van der Waals surface area contributed by atoms with Crippen LogP contribution in [0.4, 0.5) is 16.2 Å². The van der Waals surface area contributed by atoms with Crippen LogP contribution in [0.5, 0.6) is 0 Å². The number of carboxylic acids is 1. The van der Waals surface area contributed by atoms with Gasteiger partial charge in [-0.1, -0.05) is 12.1 Å². The summed E-state index contributed by atoms with van der Waals surface area (Å²) in [6.45, 7) is 0. The molecule has 0 aromatic heterocycles. The number of carboxylic acid groups (broad SMARTS) is 1. The Labute approximate surface area is 140 Å². The quantitative estimate of drug-likeness (QED) is 0.739. The van der Waals surface area contributed by atoms with E-state index in [4.69, 9.17) is 5.11 Å². The van der Waals surface area contributed by atoms with E-state index in [1.165, 1.54) is 7.05 Å². The lowest BCUT2D eigenvalue weighted by Gasteiger charge is -2.21. The van der Waals surface area contributed by atoms with Crippen LogP contribution in [0.1, 0.15) is 19.3 Å². The Hall–Kier alpha value is -2.29. The summed E-state index contributed by atoms with van der Waals surface area (Å²) in [6, 6.07) is 5.86. The van der Waals surface area contributed by atoms with Gasteiger partial charge in [0.2, 0.25) is 10.0 Å². The Morgan fingerprint density at radius 1 is 1.25 bits per heavy atom. The highest BCUT2D eigenvalue weighted by atomic mass is 32.2. The van der Waals surface area contributed by atoms with Gasteiger partial charge in [-0.05, 0) is 31.4 Å². The number of carbonyl (C=O) groups is 2. The number of para-hydroxylation sites is 2. The Morgan fingerprint density at radius 3 is 2.50 bits per heavy atom. The van der Waals surface area contributed by atoms with Crippen molar-refractivity contribution in [3.8, 4) is 0 Å². The largest absolute Gasteiger partial charge is 0.481 e. The number of urea groups is 1. The molecule has 2 atom stereocenters. The number of benzene rings is 1. The Bertz CT molecular complexity index is 734. The Kier molecular flexibility index (Phi) is 5.33. The zero-order valence-corrected chi connectivity index (χ0v) is 14.3. The molecule has 9 heteroatoms. The second-order valence-electron chi connectivity index (χ2n) is 5.89. The van der Waals surface area contributed by atoms with Crippen LogP contribution in [0.2, 0.25) is 0 Å². The molecule has 132 valence electrons. The molecule has 1 aliphatic rings. The van der Waals surface area contributed by atoms with Crippen molar-refractivity contribution in [2.45, 2.75) is 25.3 Å². The number of aliphatic carboxylic acids is 1. The molecular formula is C15H21N3O5S. The third kappa shape index (κ3) is 4.38. The summed E-state index contributed by atoms with van der Waals surface area (Å²) < 4.78 is 24.5. The molecule has 1 aromatic carbocycles. The molecule has 0 bridgehead atoms. The molecule has 0 radical (unpaired) electrons. The minimum Gasteiger partial charge on any atom is -0.481 e. The van der Waals surface area contributed by atoms with E-state index in [1.54, 1.807) is 24.3 Å². The summed E-state index contributed by atoms with van der Waals surface area (Å²) in [5.41, 5.74) is 0.709. The first kappa shape index (κ1) is 18.1. The van der Waals surface area contributed by atoms with Crippen LogP contribution in [0.3, 0.4) is 0 Å². The van der Waals surface area contributed by atoms with E-state index in [0.717, 1.165) is 10.6 Å². The van der Waals surface area contributed by atoms with Gasteiger partial charge in [0.15, 0.2) is 0 Å². The van der Waals surface area contributed by atoms with Gasteiger partial charge in [0.05, 0.1) is 23.5 Å². The Balaban J connectivity index is 2.04. The normalized spacial score (nSPS) is 20.4. The average molecular weight is 355 g/mol. The molecule has 1 aromatic rings. The predicted molar refractivity (Wildman–Crippen MR) is 90.6 cm³/mol.